The normalized spacial score (nSPS) is 12.6. The molecule has 0 bridgehead atoms. The van der Waals surface area contributed by atoms with Crippen molar-refractivity contribution in [3.8, 4) is 0 Å². The number of benzene rings is 1. The SMILES string of the molecule is CC[C@H](O)CNc1cc(F)ccc1Cl. The lowest BCUT2D eigenvalue weighted by molar-refractivity contribution is 0.183. The van der Waals surface area contributed by atoms with Crippen molar-refractivity contribution in [1.82, 2.24) is 0 Å². The van der Waals surface area contributed by atoms with E-state index >= 15 is 0 Å². The first-order chi connectivity index (χ1) is 6.63. The van der Waals surface area contributed by atoms with Crippen LogP contribution in [0.2, 0.25) is 5.02 Å². The van der Waals surface area contributed by atoms with Crippen LogP contribution in [0.1, 0.15) is 13.3 Å². The van der Waals surface area contributed by atoms with Gasteiger partial charge in [0.1, 0.15) is 5.82 Å². The largest absolute Gasteiger partial charge is 0.391 e. The minimum Gasteiger partial charge on any atom is -0.391 e. The Balaban J connectivity index is 2.62. The molecule has 0 aliphatic heterocycles. The summed E-state index contributed by atoms with van der Waals surface area (Å²) >= 11 is 5.81. The van der Waals surface area contributed by atoms with Crippen LogP contribution in [0.25, 0.3) is 0 Å². The Bertz CT molecular complexity index is 306. The molecule has 0 fully saturated rings. The Kier molecular flexibility index (Phi) is 4.17. The molecule has 2 nitrogen and oxygen atoms in total. The molecule has 0 spiro atoms. The minimum absolute atomic E-state index is 0.345. The molecule has 14 heavy (non-hydrogen) atoms. The summed E-state index contributed by atoms with van der Waals surface area (Å²) in [5.41, 5.74) is 0.513. The number of aliphatic hydroxyl groups is 1. The van der Waals surface area contributed by atoms with Gasteiger partial charge in [0.05, 0.1) is 16.8 Å². The van der Waals surface area contributed by atoms with E-state index in [0.29, 0.717) is 23.7 Å². The van der Waals surface area contributed by atoms with Gasteiger partial charge in [-0.1, -0.05) is 18.5 Å². The summed E-state index contributed by atoms with van der Waals surface area (Å²) in [5, 5.41) is 12.6. The van der Waals surface area contributed by atoms with Crippen molar-refractivity contribution in [2.45, 2.75) is 19.4 Å². The Morgan fingerprint density at radius 3 is 2.93 bits per heavy atom. The molecule has 0 aromatic heterocycles. The zero-order chi connectivity index (χ0) is 10.6. The summed E-state index contributed by atoms with van der Waals surface area (Å²) in [6.07, 6.45) is 0.217. The lowest BCUT2D eigenvalue weighted by Gasteiger charge is -2.11. The second-order valence-corrected chi connectivity index (χ2v) is 3.47. The van der Waals surface area contributed by atoms with Gasteiger partial charge in [0.2, 0.25) is 0 Å². The highest BCUT2D eigenvalue weighted by Crippen LogP contribution is 2.22. The molecule has 0 unspecified atom stereocenters. The summed E-state index contributed by atoms with van der Waals surface area (Å²) in [7, 11) is 0. The molecular weight excluding hydrogens is 205 g/mol. The maximum atomic E-state index is 12.8. The molecule has 0 heterocycles. The summed E-state index contributed by atoms with van der Waals surface area (Å²) in [4.78, 5) is 0. The highest BCUT2D eigenvalue weighted by molar-refractivity contribution is 6.33. The fourth-order valence-corrected chi connectivity index (χ4v) is 1.19. The molecule has 1 rings (SSSR count). The number of anilines is 1. The van der Waals surface area contributed by atoms with Gasteiger partial charge < -0.3 is 10.4 Å². The predicted octanol–water partition coefficient (Wildman–Crippen LogP) is 2.66. The van der Waals surface area contributed by atoms with E-state index in [1.807, 2.05) is 6.92 Å². The monoisotopic (exact) mass is 217 g/mol. The Labute approximate surface area is 87.7 Å². The number of rotatable bonds is 4. The minimum atomic E-state index is -0.436. The third kappa shape index (κ3) is 3.16. The third-order valence-electron chi connectivity index (χ3n) is 1.93. The lowest BCUT2D eigenvalue weighted by Crippen LogP contribution is -2.18. The Morgan fingerprint density at radius 2 is 2.29 bits per heavy atom. The number of hydrogen-bond donors (Lipinski definition) is 2. The van der Waals surface area contributed by atoms with Crippen LogP contribution in [-0.2, 0) is 0 Å². The van der Waals surface area contributed by atoms with Crippen molar-refractivity contribution >= 4 is 17.3 Å². The first-order valence-electron chi connectivity index (χ1n) is 4.50. The van der Waals surface area contributed by atoms with E-state index in [9.17, 15) is 9.50 Å². The quantitative estimate of drug-likeness (QED) is 0.813. The van der Waals surface area contributed by atoms with Crippen molar-refractivity contribution < 1.29 is 9.50 Å². The average molecular weight is 218 g/mol. The highest BCUT2D eigenvalue weighted by Gasteiger charge is 2.04. The number of nitrogens with one attached hydrogen (secondary N) is 1. The topological polar surface area (TPSA) is 32.3 Å². The van der Waals surface area contributed by atoms with Crippen LogP contribution in [0.4, 0.5) is 10.1 Å². The average Bonchev–Trinajstić information content (AvgIpc) is 2.19. The number of aliphatic hydroxyl groups excluding tert-OH is 1. The van der Waals surface area contributed by atoms with E-state index in [-0.39, 0.29) is 5.82 Å². The van der Waals surface area contributed by atoms with E-state index in [0.717, 1.165) is 0 Å². The van der Waals surface area contributed by atoms with Crippen molar-refractivity contribution in [2.24, 2.45) is 0 Å². The summed E-state index contributed by atoms with van der Waals surface area (Å²) in [6.45, 7) is 2.25. The van der Waals surface area contributed by atoms with Crippen molar-refractivity contribution in [2.75, 3.05) is 11.9 Å². The molecule has 0 aliphatic carbocycles. The van der Waals surface area contributed by atoms with E-state index in [2.05, 4.69) is 5.32 Å². The van der Waals surface area contributed by atoms with Crippen LogP contribution in [0.15, 0.2) is 18.2 Å². The van der Waals surface area contributed by atoms with Crippen LogP contribution < -0.4 is 5.32 Å². The maximum Gasteiger partial charge on any atom is 0.125 e. The van der Waals surface area contributed by atoms with Gasteiger partial charge in [0, 0.05) is 6.54 Å². The zero-order valence-corrected chi connectivity index (χ0v) is 8.68. The summed E-state index contributed by atoms with van der Waals surface area (Å²) in [5.74, 6) is -0.345. The number of hydrogen-bond acceptors (Lipinski definition) is 2. The van der Waals surface area contributed by atoms with Gasteiger partial charge in [-0.3, -0.25) is 0 Å². The molecule has 1 atom stereocenters. The van der Waals surface area contributed by atoms with Gasteiger partial charge in [-0.25, -0.2) is 4.39 Å². The Morgan fingerprint density at radius 1 is 1.57 bits per heavy atom. The third-order valence-corrected chi connectivity index (χ3v) is 2.26. The van der Waals surface area contributed by atoms with Crippen LogP contribution >= 0.6 is 11.6 Å². The molecule has 0 amide bonds. The van der Waals surface area contributed by atoms with Gasteiger partial charge in [-0.05, 0) is 24.6 Å². The molecule has 2 N–H and O–H groups in total. The molecule has 0 radical (unpaired) electrons. The van der Waals surface area contributed by atoms with Gasteiger partial charge in [0.25, 0.3) is 0 Å². The van der Waals surface area contributed by atoms with Crippen LogP contribution in [0.5, 0.6) is 0 Å². The summed E-state index contributed by atoms with van der Waals surface area (Å²) < 4.78 is 12.8. The molecule has 1 aromatic carbocycles. The van der Waals surface area contributed by atoms with Crippen molar-refractivity contribution in [3.63, 3.8) is 0 Å². The molecule has 0 aliphatic rings. The zero-order valence-electron chi connectivity index (χ0n) is 7.93. The molecule has 0 saturated carbocycles. The molecular formula is C10H13ClFNO. The smallest absolute Gasteiger partial charge is 0.125 e. The second kappa shape index (κ2) is 5.17. The first kappa shape index (κ1) is 11.3. The van der Waals surface area contributed by atoms with Gasteiger partial charge in [0.15, 0.2) is 0 Å². The Hall–Kier alpha value is -0.800. The van der Waals surface area contributed by atoms with E-state index in [1.165, 1.54) is 18.2 Å². The van der Waals surface area contributed by atoms with Crippen LogP contribution in [0.3, 0.4) is 0 Å². The molecule has 1 aromatic rings. The first-order valence-corrected chi connectivity index (χ1v) is 4.88. The number of halogens is 2. The molecule has 78 valence electrons. The maximum absolute atomic E-state index is 12.8. The van der Waals surface area contributed by atoms with Crippen LogP contribution in [0, 0.1) is 5.82 Å². The molecule has 4 heteroatoms. The molecule has 0 saturated heterocycles. The van der Waals surface area contributed by atoms with E-state index in [1.54, 1.807) is 0 Å². The fourth-order valence-electron chi connectivity index (χ4n) is 1.01. The lowest BCUT2D eigenvalue weighted by atomic mass is 10.2. The van der Waals surface area contributed by atoms with Crippen LogP contribution in [-0.4, -0.2) is 17.8 Å². The predicted molar refractivity (Wildman–Crippen MR) is 56.2 cm³/mol. The van der Waals surface area contributed by atoms with Gasteiger partial charge >= 0.3 is 0 Å². The van der Waals surface area contributed by atoms with Crippen molar-refractivity contribution in [3.05, 3.63) is 29.0 Å². The standard InChI is InChI=1S/C10H13ClFNO/c1-2-8(14)6-13-10-5-7(12)3-4-9(10)11/h3-5,8,13-14H,2,6H2,1H3/t8-/m0/s1. The van der Waals surface area contributed by atoms with Crippen molar-refractivity contribution in [1.29, 1.82) is 0 Å². The summed E-state index contributed by atoms with van der Waals surface area (Å²) in [6, 6.07) is 4.09. The van der Waals surface area contributed by atoms with Gasteiger partial charge in [-0.2, -0.15) is 0 Å². The van der Waals surface area contributed by atoms with E-state index in [4.69, 9.17) is 11.6 Å². The fraction of sp³-hybridized carbons (Fsp3) is 0.400. The highest BCUT2D eigenvalue weighted by atomic mass is 35.5. The second-order valence-electron chi connectivity index (χ2n) is 3.07. The van der Waals surface area contributed by atoms with Gasteiger partial charge in [-0.15, -0.1) is 0 Å². The van der Waals surface area contributed by atoms with E-state index < -0.39 is 6.10 Å².